The van der Waals surface area contributed by atoms with Crippen LogP contribution in [0.1, 0.15) is 24.3 Å². The molecule has 0 fully saturated rings. The lowest BCUT2D eigenvalue weighted by atomic mass is 10.1. The Morgan fingerprint density at radius 1 is 1.17 bits per heavy atom. The minimum absolute atomic E-state index is 0.0313. The Morgan fingerprint density at radius 2 is 1.67 bits per heavy atom. The molecular weight excluding hydrogens is 256 g/mol. The summed E-state index contributed by atoms with van der Waals surface area (Å²) in [7, 11) is 4.61. The minimum Gasteiger partial charge on any atom is -0.493 e. The number of carbonyl (C=O) groups is 1. The van der Waals surface area contributed by atoms with Crippen molar-refractivity contribution in [3.05, 3.63) is 17.7 Å². The van der Waals surface area contributed by atoms with Gasteiger partial charge in [0.25, 0.3) is 0 Å². The van der Waals surface area contributed by atoms with Gasteiger partial charge in [-0.2, -0.15) is 0 Å². The zero-order valence-electron chi connectivity index (χ0n) is 11.0. The summed E-state index contributed by atoms with van der Waals surface area (Å²) < 4.78 is 15.7. The van der Waals surface area contributed by atoms with Gasteiger partial charge in [0.15, 0.2) is 11.5 Å². The van der Waals surface area contributed by atoms with E-state index in [0.29, 0.717) is 17.2 Å². The Bertz CT molecular complexity index is 406. The first kappa shape index (κ1) is 14.6. The van der Waals surface area contributed by atoms with E-state index in [2.05, 4.69) is 0 Å². The Hall–Kier alpha value is -1.42. The molecular formula is C13H17ClO4. The Balaban J connectivity index is 3.18. The predicted molar refractivity (Wildman–Crippen MR) is 70.0 cm³/mol. The molecule has 0 aromatic heterocycles. The zero-order valence-corrected chi connectivity index (χ0v) is 11.7. The molecule has 18 heavy (non-hydrogen) atoms. The molecule has 0 N–H and O–H groups in total. The van der Waals surface area contributed by atoms with Gasteiger partial charge in [-0.1, -0.05) is 0 Å². The standard InChI is InChI=1S/C13H17ClO4/c1-8(15)5-10(14)9-6-11(16-2)13(18-4)12(7-9)17-3/h6-7,10H,5H2,1-4H3. The van der Waals surface area contributed by atoms with Crippen LogP contribution in [0.15, 0.2) is 12.1 Å². The molecule has 4 nitrogen and oxygen atoms in total. The molecule has 1 aromatic rings. The molecule has 0 saturated carbocycles. The van der Waals surface area contributed by atoms with Crippen LogP contribution in [-0.2, 0) is 4.79 Å². The van der Waals surface area contributed by atoms with Gasteiger partial charge in [-0.3, -0.25) is 4.79 Å². The molecule has 0 aliphatic rings. The number of benzene rings is 1. The van der Waals surface area contributed by atoms with E-state index in [9.17, 15) is 4.79 Å². The first-order valence-corrected chi connectivity index (χ1v) is 5.90. The summed E-state index contributed by atoms with van der Waals surface area (Å²) in [6.45, 7) is 1.51. The highest BCUT2D eigenvalue weighted by molar-refractivity contribution is 6.22. The lowest BCUT2D eigenvalue weighted by Crippen LogP contribution is -2.01. The van der Waals surface area contributed by atoms with Crippen molar-refractivity contribution in [1.29, 1.82) is 0 Å². The number of Topliss-reactive ketones (excluding diaryl/α,β-unsaturated/α-hetero) is 1. The van der Waals surface area contributed by atoms with Crippen molar-refractivity contribution in [3.63, 3.8) is 0 Å². The minimum atomic E-state index is -0.406. The van der Waals surface area contributed by atoms with Gasteiger partial charge in [0, 0.05) is 6.42 Å². The molecule has 0 bridgehead atoms. The van der Waals surface area contributed by atoms with Gasteiger partial charge in [0.1, 0.15) is 5.78 Å². The van der Waals surface area contributed by atoms with E-state index in [0.717, 1.165) is 5.56 Å². The molecule has 1 atom stereocenters. The van der Waals surface area contributed by atoms with Crippen LogP contribution in [0.4, 0.5) is 0 Å². The van der Waals surface area contributed by atoms with Crippen molar-refractivity contribution in [2.45, 2.75) is 18.7 Å². The van der Waals surface area contributed by atoms with Gasteiger partial charge < -0.3 is 14.2 Å². The Labute approximate surface area is 112 Å². The lowest BCUT2D eigenvalue weighted by molar-refractivity contribution is -0.117. The van der Waals surface area contributed by atoms with Crippen molar-refractivity contribution in [1.82, 2.24) is 0 Å². The van der Waals surface area contributed by atoms with Crippen LogP contribution in [0, 0.1) is 0 Å². The second kappa shape index (κ2) is 6.50. The Morgan fingerprint density at radius 3 is 2.00 bits per heavy atom. The van der Waals surface area contributed by atoms with E-state index in [-0.39, 0.29) is 12.2 Å². The van der Waals surface area contributed by atoms with E-state index in [1.54, 1.807) is 12.1 Å². The highest BCUT2D eigenvalue weighted by atomic mass is 35.5. The quantitative estimate of drug-likeness (QED) is 0.747. The normalized spacial score (nSPS) is 11.8. The van der Waals surface area contributed by atoms with Crippen LogP contribution < -0.4 is 14.2 Å². The van der Waals surface area contributed by atoms with Crippen molar-refractivity contribution in [2.24, 2.45) is 0 Å². The number of alkyl halides is 1. The topological polar surface area (TPSA) is 44.8 Å². The van der Waals surface area contributed by atoms with Gasteiger partial charge in [0.2, 0.25) is 5.75 Å². The monoisotopic (exact) mass is 272 g/mol. The van der Waals surface area contributed by atoms with E-state index in [1.807, 2.05) is 0 Å². The molecule has 0 saturated heterocycles. The number of ether oxygens (including phenoxy) is 3. The summed E-state index contributed by atoms with van der Waals surface area (Å²) in [5.41, 5.74) is 0.765. The summed E-state index contributed by atoms with van der Waals surface area (Å²) in [4.78, 5) is 11.1. The maximum Gasteiger partial charge on any atom is 0.203 e. The zero-order chi connectivity index (χ0) is 13.7. The van der Waals surface area contributed by atoms with Crippen molar-refractivity contribution in [2.75, 3.05) is 21.3 Å². The maximum atomic E-state index is 11.1. The summed E-state index contributed by atoms with van der Waals surface area (Å²) in [5.74, 6) is 1.60. The number of carbonyl (C=O) groups excluding carboxylic acids is 1. The highest BCUT2D eigenvalue weighted by Crippen LogP contribution is 2.41. The average molecular weight is 273 g/mol. The fourth-order valence-corrected chi connectivity index (χ4v) is 2.00. The molecule has 0 heterocycles. The molecule has 1 rings (SSSR count). The smallest absolute Gasteiger partial charge is 0.203 e. The molecule has 0 aliphatic heterocycles. The van der Waals surface area contributed by atoms with E-state index >= 15 is 0 Å². The van der Waals surface area contributed by atoms with E-state index < -0.39 is 5.38 Å². The second-order valence-corrected chi connectivity index (χ2v) is 4.36. The average Bonchev–Trinajstić information content (AvgIpc) is 2.35. The summed E-state index contributed by atoms with van der Waals surface area (Å²) in [5, 5.41) is -0.406. The molecule has 5 heteroatoms. The number of methoxy groups -OCH3 is 3. The molecule has 0 spiro atoms. The molecule has 0 aliphatic carbocycles. The Kier molecular flexibility index (Phi) is 5.28. The van der Waals surface area contributed by atoms with E-state index in [4.69, 9.17) is 25.8 Å². The molecule has 0 amide bonds. The van der Waals surface area contributed by atoms with Crippen molar-refractivity contribution >= 4 is 17.4 Å². The third-order valence-corrected chi connectivity index (χ3v) is 2.92. The number of rotatable bonds is 6. The number of ketones is 1. The largest absolute Gasteiger partial charge is 0.493 e. The van der Waals surface area contributed by atoms with Crippen molar-refractivity contribution in [3.8, 4) is 17.2 Å². The second-order valence-electron chi connectivity index (χ2n) is 3.83. The summed E-state index contributed by atoms with van der Waals surface area (Å²) in [6, 6.07) is 3.50. The van der Waals surface area contributed by atoms with Gasteiger partial charge in [-0.15, -0.1) is 11.6 Å². The fourth-order valence-electron chi connectivity index (χ4n) is 1.65. The van der Waals surface area contributed by atoms with Crippen LogP contribution in [0.25, 0.3) is 0 Å². The number of hydrogen-bond acceptors (Lipinski definition) is 4. The lowest BCUT2D eigenvalue weighted by Gasteiger charge is -2.16. The van der Waals surface area contributed by atoms with Crippen LogP contribution >= 0.6 is 11.6 Å². The first-order chi connectivity index (χ1) is 8.53. The van der Waals surface area contributed by atoms with Crippen LogP contribution in [0.3, 0.4) is 0 Å². The number of halogens is 1. The van der Waals surface area contributed by atoms with Gasteiger partial charge in [-0.05, 0) is 24.6 Å². The van der Waals surface area contributed by atoms with Gasteiger partial charge in [-0.25, -0.2) is 0 Å². The summed E-state index contributed by atoms with van der Waals surface area (Å²) >= 11 is 6.18. The van der Waals surface area contributed by atoms with Crippen LogP contribution in [0.5, 0.6) is 17.2 Å². The summed E-state index contributed by atoms with van der Waals surface area (Å²) in [6.07, 6.45) is 0.264. The van der Waals surface area contributed by atoms with Crippen LogP contribution in [0.2, 0.25) is 0 Å². The van der Waals surface area contributed by atoms with Crippen LogP contribution in [-0.4, -0.2) is 27.1 Å². The SMILES string of the molecule is COc1cc(C(Cl)CC(C)=O)cc(OC)c1OC. The predicted octanol–water partition coefficient (Wildman–Crippen LogP) is 2.97. The molecule has 1 unspecified atom stereocenters. The highest BCUT2D eigenvalue weighted by Gasteiger charge is 2.18. The number of hydrogen-bond donors (Lipinski definition) is 0. The van der Waals surface area contributed by atoms with E-state index in [1.165, 1.54) is 28.3 Å². The van der Waals surface area contributed by atoms with Gasteiger partial charge >= 0.3 is 0 Å². The third kappa shape index (κ3) is 3.29. The molecule has 1 aromatic carbocycles. The third-order valence-electron chi connectivity index (χ3n) is 2.52. The van der Waals surface area contributed by atoms with Gasteiger partial charge in [0.05, 0.1) is 26.7 Å². The molecule has 0 radical (unpaired) electrons. The fraction of sp³-hybridized carbons (Fsp3) is 0.462. The first-order valence-electron chi connectivity index (χ1n) is 5.46. The van der Waals surface area contributed by atoms with Crippen molar-refractivity contribution < 1.29 is 19.0 Å². The maximum absolute atomic E-state index is 11.1. The molecule has 100 valence electrons.